The molecule has 224 valence electrons. The molecule has 3 heterocycles. The number of rotatable bonds is 12. The van der Waals surface area contributed by atoms with Crippen molar-refractivity contribution in [3.8, 4) is 0 Å². The van der Waals surface area contributed by atoms with Crippen LogP contribution < -0.4 is 0 Å². The Bertz CT molecular complexity index is 801. The van der Waals surface area contributed by atoms with Crippen LogP contribution in [0.25, 0.3) is 0 Å². The largest absolute Gasteiger partial charge is 0.435 e. The highest BCUT2D eigenvalue weighted by Gasteiger charge is 2.55. The van der Waals surface area contributed by atoms with Gasteiger partial charge >= 0.3 is 0 Å². The second kappa shape index (κ2) is 14.0. The fourth-order valence-corrected chi connectivity index (χ4v) is 4.18. The zero-order valence-electron chi connectivity index (χ0n) is 20.4. The lowest BCUT2D eigenvalue weighted by Gasteiger charge is -2.47. The Labute approximate surface area is 219 Å². The van der Waals surface area contributed by atoms with Crippen molar-refractivity contribution in [3.05, 3.63) is 0 Å². The molecule has 0 radical (unpaired) electrons. The molecule has 0 saturated carbocycles. The van der Waals surface area contributed by atoms with Gasteiger partial charge in [-0.05, 0) is 0 Å². The summed E-state index contributed by atoms with van der Waals surface area (Å²) >= 11 is 0. The molecule has 3 aliphatic heterocycles. The first kappa shape index (κ1) is 31.4. The molecule has 19 nitrogen and oxygen atoms in total. The van der Waals surface area contributed by atoms with E-state index < -0.39 is 92.7 Å². The number of hydrogen-bond donors (Lipinski definition) is 6. The predicted octanol–water partition coefficient (Wildman–Crippen LogP) is -5.85. The average Bonchev–Trinajstić information content (AvgIpc) is 2.91. The third-order valence-electron chi connectivity index (χ3n) is 6.16. The SMILES string of the molecule is COC1OC(OC=O)C(OC2OC(OC=O)C(OC3OC(OC=O)C(OC)C(O)C3O)C(O)C2O)C(O)C1O. The van der Waals surface area contributed by atoms with Crippen LogP contribution in [-0.2, 0) is 61.8 Å². The lowest BCUT2D eigenvalue weighted by Crippen LogP contribution is -2.66. The lowest BCUT2D eigenvalue weighted by atomic mass is 10.0. The van der Waals surface area contributed by atoms with Gasteiger partial charge in [0.1, 0.15) is 42.7 Å². The van der Waals surface area contributed by atoms with E-state index in [2.05, 4.69) is 4.74 Å². The van der Waals surface area contributed by atoms with Gasteiger partial charge in [0.2, 0.25) is 18.9 Å². The summed E-state index contributed by atoms with van der Waals surface area (Å²) in [4.78, 5) is 32.8. The fourth-order valence-electron chi connectivity index (χ4n) is 4.18. The predicted molar refractivity (Wildman–Crippen MR) is 111 cm³/mol. The highest BCUT2D eigenvalue weighted by molar-refractivity contribution is 5.38. The summed E-state index contributed by atoms with van der Waals surface area (Å²) in [5.74, 6) is 0. The van der Waals surface area contributed by atoms with Crippen LogP contribution in [0, 0.1) is 0 Å². The molecule has 0 amide bonds. The van der Waals surface area contributed by atoms with E-state index in [4.69, 9.17) is 42.6 Å². The Morgan fingerprint density at radius 3 is 1.15 bits per heavy atom. The van der Waals surface area contributed by atoms with Crippen LogP contribution in [0.15, 0.2) is 0 Å². The van der Waals surface area contributed by atoms with E-state index in [0.717, 1.165) is 14.2 Å². The van der Waals surface area contributed by atoms with E-state index in [9.17, 15) is 45.0 Å². The molecule has 0 bridgehead atoms. The maximum atomic E-state index is 11.1. The van der Waals surface area contributed by atoms with E-state index >= 15 is 0 Å². The van der Waals surface area contributed by atoms with Gasteiger partial charge in [-0.25, -0.2) is 0 Å². The molecule has 15 atom stereocenters. The summed E-state index contributed by atoms with van der Waals surface area (Å²) in [6.07, 6.45) is -26.4. The zero-order valence-corrected chi connectivity index (χ0v) is 20.4. The van der Waals surface area contributed by atoms with Crippen LogP contribution in [0.1, 0.15) is 0 Å². The van der Waals surface area contributed by atoms with E-state index in [1.54, 1.807) is 0 Å². The monoisotopic (exact) mass is 574 g/mol. The van der Waals surface area contributed by atoms with Crippen molar-refractivity contribution in [1.29, 1.82) is 0 Å². The van der Waals surface area contributed by atoms with Gasteiger partial charge in [0.15, 0.2) is 31.1 Å². The maximum Gasteiger partial charge on any atom is 0.295 e. The highest BCUT2D eigenvalue weighted by Crippen LogP contribution is 2.33. The van der Waals surface area contributed by atoms with Crippen LogP contribution in [0.3, 0.4) is 0 Å². The normalized spacial score (nSPS) is 46.6. The van der Waals surface area contributed by atoms with Crippen molar-refractivity contribution >= 4 is 19.4 Å². The molecule has 0 aromatic carbocycles. The number of carbonyl (C=O) groups excluding carboxylic acids is 3. The quantitative estimate of drug-likeness (QED) is 0.0935. The Hall–Kier alpha value is -2.11. The molecule has 19 heteroatoms. The molecule has 39 heavy (non-hydrogen) atoms. The van der Waals surface area contributed by atoms with Crippen molar-refractivity contribution in [2.45, 2.75) is 92.7 Å². The minimum atomic E-state index is -2.04. The first-order valence-electron chi connectivity index (χ1n) is 11.3. The molecule has 3 rings (SSSR count). The zero-order chi connectivity index (χ0) is 28.9. The topological polar surface area (TPSA) is 265 Å². The second-order valence-electron chi connectivity index (χ2n) is 8.40. The van der Waals surface area contributed by atoms with Gasteiger partial charge < -0.3 is 78.0 Å². The molecule has 3 saturated heterocycles. The number of carbonyl (C=O) groups is 3. The Morgan fingerprint density at radius 2 is 0.795 bits per heavy atom. The van der Waals surface area contributed by atoms with Crippen LogP contribution in [0.4, 0.5) is 0 Å². The lowest BCUT2D eigenvalue weighted by molar-refractivity contribution is -0.413. The third kappa shape index (κ3) is 6.62. The molecule has 15 unspecified atom stereocenters. The Balaban J connectivity index is 1.78. The van der Waals surface area contributed by atoms with Gasteiger partial charge in [-0.1, -0.05) is 0 Å². The number of aliphatic hydroxyl groups excluding tert-OH is 6. The van der Waals surface area contributed by atoms with Crippen LogP contribution in [0.2, 0.25) is 0 Å². The third-order valence-corrected chi connectivity index (χ3v) is 6.16. The summed E-state index contributed by atoms with van der Waals surface area (Å²) in [6.45, 7) is -0.178. The summed E-state index contributed by atoms with van der Waals surface area (Å²) in [5.41, 5.74) is 0. The maximum absolute atomic E-state index is 11.1. The van der Waals surface area contributed by atoms with Crippen molar-refractivity contribution in [2.75, 3.05) is 14.2 Å². The van der Waals surface area contributed by atoms with Gasteiger partial charge in [0.05, 0.1) is 0 Å². The summed E-state index contributed by atoms with van der Waals surface area (Å²) < 4.78 is 50.7. The fraction of sp³-hybridized carbons (Fsp3) is 0.850. The summed E-state index contributed by atoms with van der Waals surface area (Å²) in [6, 6.07) is 0. The van der Waals surface area contributed by atoms with Crippen LogP contribution >= 0.6 is 0 Å². The van der Waals surface area contributed by atoms with Crippen molar-refractivity contribution < 1.29 is 92.4 Å². The number of hydrogen-bond acceptors (Lipinski definition) is 19. The average molecular weight is 574 g/mol. The molecule has 0 aliphatic carbocycles. The highest BCUT2D eigenvalue weighted by atomic mass is 16.8. The van der Waals surface area contributed by atoms with E-state index in [-0.39, 0.29) is 19.4 Å². The van der Waals surface area contributed by atoms with Gasteiger partial charge in [-0.15, -0.1) is 0 Å². The van der Waals surface area contributed by atoms with E-state index in [1.165, 1.54) is 0 Å². The summed E-state index contributed by atoms with van der Waals surface area (Å²) in [5, 5.41) is 62.8. The second-order valence-corrected chi connectivity index (χ2v) is 8.40. The summed E-state index contributed by atoms with van der Waals surface area (Å²) in [7, 11) is 2.28. The molecule has 3 fully saturated rings. The molecule has 0 spiro atoms. The van der Waals surface area contributed by atoms with Crippen LogP contribution in [-0.4, -0.2) is 157 Å². The molecule has 6 N–H and O–H groups in total. The first-order valence-corrected chi connectivity index (χ1v) is 11.3. The van der Waals surface area contributed by atoms with Gasteiger partial charge in [0, 0.05) is 14.2 Å². The number of aliphatic hydroxyl groups is 6. The van der Waals surface area contributed by atoms with Crippen LogP contribution in [0.5, 0.6) is 0 Å². The van der Waals surface area contributed by atoms with Gasteiger partial charge in [0.25, 0.3) is 19.4 Å². The van der Waals surface area contributed by atoms with Crippen molar-refractivity contribution in [1.82, 2.24) is 0 Å². The molecule has 0 aromatic rings. The smallest absolute Gasteiger partial charge is 0.295 e. The molecular weight excluding hydrogens is 544 g/mol. The van der Waals surface area contributed by atoms with Gasteiger partial charge in [-0.3, -0.25) is 14.4 Å². The first-order chi connectivity index (χ1) is 18.6. The molecular formula is C20H30O19. The standard InChI is InChI=1S/C20H30O19/c1-30-12-6(24)10(28)16(38-18(12)32-3-21)36-14-8(26)11(29)17(39-20(14)34-5-23)35-13-7(25)9(27)15(31-2)37-19(13)33-4-22/h3-20,24-29H,1-2H3. The minimum absolute atomic E-state index is 0.0164. The Kier molecular flexibility index (Phi) is 11.3. The molecule has 0 aromatic heterocycles. The minimum Gasteiger partial charge on any atom is -0.435 e. The Morgan fingerprint density at radius 1 is 0.462 bits per heavy atom. The van der Waals surface area contributed by atoms with Gasteiger partial charge in [-0.2, -0.15) is 0 Å². The van der Waals surface area contributed by atoms with Crippen molar-refractivity contribution in [3.63, 3.8) is 0 Å². The van der Waals surface area contributed by atoms with E-state index in [0.29, 0.717) is 0 Å². The van der Waals surface area contributed by atoms with Crippen molar-refractivity contribution in [2.24, 2.45) is 0 Å². The van der Waals surface area contributed by atoms with E-state index in [1.807, 2.05) is 0 Å². The molecule has 3 aliphatic rings. The number of ether oxygens (including phenoxy) is 10. The number of methoxy groups -OCH3 is 2.